The molecular formula is C14H23NO. The van der Waals surface area contributed by atoms with Gasteiger partial charge in [-0.15, -0.1) is 0 Å². The van der Waals surface area contributed by atoms with Crippen molar-refractivity contribution in [2.75, 3.05) is 20.2 Å². The molecule has 0 bridgehead atoms. The lowest BCUT2D eigenvalue weighted by atomic mass is 10.0. The van der Waals surface area contributed by atoms with Crippen molar-refractivity contribution >= 4 is 0 Å². The number of likely N-dealkylation sites (N-methyl/N-ethyl adjacent to an activating group) is 1. The quantitative estimate of drug-likeness (QED) is 0.797. The van der Waals surface area contributed by atoms with Crippen LogP contribution >= 0.6 is 0 Å². The summed E-state index contributed by atoms with van der Waals surface area (Å²) >= 11 is 0. The van der Waals surface area contributed by atoms with Crippen LogP contribution < -0.4 is 10.1 Å². The Labute approximate surface area is 99.0 Å². The molecule has 1 N–H and O–H groups in total. The van der Waals surface area contributed by atoms with Gasteiger partial charge in [0.25, 0.3) is 0 Å². The number of hydrogen-bond donors (Lipinski definition) is 1. The molecule has 0 radical (unpaired) electrons. The van der Waals surface area contributed by atoms with Gasteiger partial charge in [0.1, 0.15) is 5.75 Å². The van der Waals surface area contributed by atoms with Gasteiger partial charge in [-0.3, -0.25) is 0 Å². The Bertz CT molecular complexity index is 292. The standard InChI is InChI=1S/C14H23NO/c1-11(2)10-16-14-7-5-13(6-8-14)12(3)9-15-4/h5-8,11-12,15H,9-10H2,1-4H3. The van der Waals surface area contributed by atoms with Crippen LogP contribution in [0.3, 0.4) is 0 Å². The first-order chi connectivity index (χ1) is 7.63. The van der Waals surface area contributed by atoms with Crippen LogP contribution in [0.1, 0.15) is 32.3 Å². The van der Waals surface area contributed by atoms with Crippen LogP contribution in [-0.4, -0.2) is 20.2 Å². The van der Waals surface area contributed by atoms with Gasteiger partial charge in [-0.25, -0.2) is 0 Å². The van der Waals surface area contributed by atoms with Gasteiger partial charge in [-0.2, -0.15) is 0 Å². The van der Waals surface area contributed by atoms with Crippen LogP contribution in [0, 0.1) is 5.92 Å². The molecule has 2 nitrogen and oxygen atoms in total. The molecule has 90 valence electrons. The highest BCUT2D eigenvalue weighted by atomic mass is 16.5. The SMILES string of the molecule is CNCC(C)c1ccc(OCC(C)C)cc1. The van der Waals surface area contributed by atoms with Crippen molar-refractivity contribution in [1.82, 2.24) is 5.32 Å². The molecule has 0 saturated carbocycles. The molecule has 0 amide bonds. The first kappa shape index (κ1) is 13.0. The van der Waals surface area contributed by atoms with Gasteiger partial charge >= 0.3 is 0 Å². The van der Waals surface area contributed by atoms with Crippen molar-refractivity contribution in [3.63, 3.8) is 0 Å². The van der Waals surface area contributed by atoms with Gasteiger partial charge in [-0.1, -0.05) is 32.9 Å². The van der Waals surface area contributed by atoms with Gasteiger partial charge in [0.2, 0.25) is 0 Å². The van der Waals surface area contributed by atoms with Crippen LogP contribution in [0.5, 0.6) is 5.75 Å². The Balaban J connectivity index is 2.53. The Kier molecular flexibility index (Phi) is 5.33. The smallest absolute Gasteiger partial charge is 0.119 e. The van der Waals surface area contributed by atoms with E-state index < -0.39 is 0 Å². The summed E-state index contributed by atoms with van der Waals surface area (Å²) in [6.07, 6.45) is 0. The summed E-state index contributed by atoms with van der Waals surface area (Å²) in [4.78, 5) is 0. The highest BCUT2D eigenvalue weighted by molar-refractivity contribution is 5.29. The Morgan fingerprint density at radius 1 is 1.12 bits per heavy atom. The van der Waals surface area contributed by atoms with E-state index in [4.69, 9.17) is 4.74 Å². The lowest BCUT2D eigenvalue weighted by Crippen LogP contribution is -2.14. The zero-order valence-electron chi connectivity index (χ0n) is 10.8. The molecular weight excluding hydrogens is 198 g/mol. The number of ether oxygens (including phenoxy) is 1. The lowest BCUT2D eigenvalue weighted by molar-refractivity contribution is 0.271. The lowest BCUT2D eigenvalue weighted by Gasteiger charge is -2.13. The molecule has 0 spiro atoms. The summed E-state index contributed by atoms with van der Waals surface area (Å²) in [6.45, 7) is 8.32. The second-order valence-electron chi connectivity index (χ2n) is 4.73. The molecule has 0 aliphatic rings. The Morgan fingerprint density at radius 2 is 1.75 bits per heavy atom. The molecule has 0 aliphatic carbocycles. The summed E-state index contributed by atoms with van der Waals surface area (Å²) in [6, 6.07) is 8.42. The van der Waals surface area contributed by atoms with Gasteiger partial charge in [0.15, 0.2) is 0 Å². The fraction of sp³-hybridized carbons (Fsp3) is 0.571. The minimum absolute atomic E-state index is 0.546. The molecule has 0 aromatic heterocycles. The van der Waals surface area contributed by atoms with Crippen molar-refractivity contribution in [1.29, 1.82) is 0 Å². The van der Waals surface area contributed by atoms with E-state index in [2.05, 4.69) is 50.4 Å². The maximum atomic E-state index is 5.65. The highest BCUT2D eigenvalue weighted by Gasteiger charge is 2.04. The average Bonchev–Trinajstić information content (AvgIpc) is 2.27. The van der Waals surface area contributed by atoms with Crippen LogP contribution in [0.2, 0.25) is 0 Å². The molecule has 1 rings (SSSR count). The summed E-state index contributed by atoms with van der Waals surface area (Å²) in [7, 11) is 1.98. The van der Waals surface area contributed by atoms with Crippen molar-refractivity contribution in [2.45, 2.75) is 26.7 Å². The van der Waals surface area contributed by atoms with Crippen molar-refractivity contribution in [3.05, 3.63) is 29.8 Å². The molecule has 1 atom stereocenters. The second-order valence-corrected chi connectivity index (χ2v) is 4.73. The summed E-state index contributed by atoms with van der Waals surface area (Å²) in [5, 5.41) is 3.19. The van der Waals surface area contributed by atoms with E-state index in [0.717, 1.165) is 18.9 Å². The van der Waals surface area contributed by atoms with Gasteiger partial charge in [0.05, 0.1) is 6.61 Å². The average molecular weight is 221 g/mol. The normalized spacial score (nSPS) is 12.8. The topological polar surface area (TPSA) is 21.3 Å². The van der Waals surface area contributed by atoms with Crippen LogP contribution in [0.15, 0.2) is 24.3 Å². The third kappa shape index (κ3) is 4.23. The molecule has 2 heteroatoms. The first-order valence-corrected chi connectivity index (χ1v) is 6.00. The second kappa shape index (κ2) is 6.54. The van der Waals surface area contributed by atoms with E-state index in [1.165, 1.54) is 5.56 Å². The van der Waals surface area contributed by atoms with Gasteiger partial charge in [0, 0.05) is 6.54 Å². The molecule has 0 saturated heterocycles. The van der Waals surface area contributed by atoms with Crippen molar-refractivity contribution in [2.24, 2.45) is 5.92 Å². The van der Waals surface area contributed by atoms with Gasteiger partial charge < -0.3 is 10.1 Å². The molecule has 0 aliphatic heterocycles. The summed E-state index contributed by atoms with van der Waals surface area (Å²) < 4.78 is 5.65. The fourth-order valence-corrected chi connectivity index (χ4v) is 1.58. The highest BCUT2D eigenvalue weighted by Crippen LogP contribution is 2.19. The first-order valence-electron chi connectivity index (χ1n) is 6.00. The van der Waals surface area contributed by atoms with Crippen LogP contribution in [0.4, 0.5) is 0 Å². The van der Waals surface area contributed by atoms with Crippen LogP contribution in [-0.2, 0) is 0 Å². The zero-order chi connectivity index (χ0) is 12.0. The predicted octanol–water partition coefficient (Wildman–Crippen LogP) is 3.04. The molecule has 0 heterocycles. The summed E-state index contributed by atoms with van der Waals surface area (Å²) in [5.41, 5.74) is 1.35. The number of rotatable bonds is 6. The monoisotopic (exact) mass is 221 g/mol. The van der Waals surface area contributed by atoms with E-state index in [9.17, 15) is 0 Å². The van der Waals surface area contributed by atoms with E-state index in [-0.39, 0.29) is 0 Å². The van der Waals surface area contributed by atoms with Crippen molar-refractivity contribution < 1.29 is 4.74 Å². The van der Waals surface area contributed by atoms with E-state index >= 15 is 0 Å². The van der Waals surface area contributed by atoms with Crippen molar-refractivity contribution in [3.8, 4) is 5.75 Å². The van der Waals surface area contributed by atoms with E-state index in [1.807, 2.05) is 7.05 Å². The molecule has 1 aromatic carbocycles. The largest absolute Gasteiger partial charge is 0.493 e. The van der Waals surface area contributed by atoms with E-state index in [0.29, 0.717) is 11.8 Å². The molecule has 1 aromatic rings. The number of nitrogens with one attached hydrogen (secondary N) is 1. The maximum absolute atomic E-state index is 5.65. The fourth-order valence-electron chi connectivity index (χ4n) is 1.58. The number of benzene rings is 1. The molecule has 16 heavy (non-hydrogen) atoms. The predicted molar refractivity (Wildman–Crippen MR) is 69.1 cm³/mol. The third-order valence-corrected chi connectivity index (χ3v) is 2.54. The minimum atomic E-state index is 0.546. The number of hydrogen-bond acceptors (Lipinski definition) is 2. The van der Waals surface area contributed by atoms with Gasteiger partial charge in [-0.05, 0) is 36.6 Å². The summed E-state index contributed by atoms with van der Waals surface area (Å²) in [5.74, 6) is 2.08. The maximum Gasteiger partial charge on any atom is 0.119 e. The van der Waals surface area contributed by atoms with E-state index in [1.54, 1.807) is 0 Å². The molecule has 1 unspecified atom stereocenters. The van der Waals surface area contributed by atoms with Crippen LogP contribution in [0.25, 0.3) is 0 Å². The minimum Gasteiger partial charge on any atom is -0.493 e. The Morgan fingerprint density at radius 3 is 2.25 bits per heavy atom. The Hall–Kier alpha value is -1.02. The third-order valence-electron chi connectivity index (χ3n) is 2.54. The zero-order valence-corrected chi connectivity index (χ0v) is 10.8. The molecule has 0 fully saturated rings.